The highest BCUT2D eigenvalue weighted by atomic mass is 15.1. The van der Waals surface area contributed by atoms with Crippen molar-refractivity contribution in [1.29, 1.82) is 0 Å². The van der Waals surface area contributed by atoms with Gasteiger partial charge in [0.2, 0.25) is 0 Å². The smallest absolute Gasteiger partial charge is 0.109 e. The molecule has 21 heavy (non-hydrogen) atoms. The van der Waals surface area contributed by atoms with E-state index in [0.717, 1.165) is 31.4 Å². The van der Waals surface area contributed by atoms with Crippen LogP contribution in [0.5, 0.6) is 0 Å². The highest BCUT2D eigenvalue weighted by molar-refractivity contribution is 5.75. The quantitative estimate of drug-likeness (QED) is 0.775. The fourth-order valence-electron chi connectivity index (χ4n) is 2.66. The molecule has 0 radical (unpaired) electrons. The lowest BCUT2D eigenvalue weighted by atomic mass is 10.1. The van der Waals surface area contributed by atoms with E-state index in [9.17, 15) is 0 Å². The van der Waals surface area contributed by atoms with Crippen molar-refractivity contribution in [3.63, 3.8) is 0 Å². The number of para-hydroxylation sites is 2. The lowest BCUT2D eigenvalue weighted by Crippen LogP contribution is -2.36. The molecule has 3 nitrogen and oxygen atoms in total. The Balaban J connectivity index is 1.96. The Hall–Kier alpha value is -1.35. The van der Waals surface area contributed by atoms with Crippen LogP contribution in [0.25, 0.3) is 11.0 Å². The molecule has 1 aromatic heterocycles. The third-order valence-corrected chi connectivity index (χ3v) is 3.66. The van der Waals surface area contributed by atoms with Crippen molar-refractivity contribution in [2.24, 2.45) is 0 Å². The van der Waals surface area contributed by atoms with Crippen LogP contribution < -0.4 is 5.32 Å². The molecule has 0 bridgehead atoms. The van der Waals surface area contributed by atoms with E-state index in [1.54, 1.807) is 0 Å². The molecular weight excluding hydrogens is 258 g/mol. The van der Waals surface area contributed by atoms with Crippen LogP contribution in [-0.4, -0.2) is 21.6 Å². The predicted octanol–water partition coefficient (Wildman–Crippen LogP) is 4.16. The second kappa shape index (κ2) is 7.08. The Morgan fingerprint density at radius 3 is 2.62 bits per heavy atom. The van der Waals surface area contributed by atoms with Crippen LogP contribution in [0.15, 0.2) is 24.3 Å². The van der Waals surface area contributed by atoms with Gasteiger partial charge in [0.25, 0.3) is 0 Å². The summed E-state index contributed by atoms with van der Waals surface area (Å²) in [4.78, 5) is 4.82. The summed E-state index contributed by atoms with van der Waals surface area (Å²) in [7, 11) is 0. The number of hydrogen-bond acceptors (Lipinski definition) is 2. The zero-order valence-electron chi connectivity index (χ0n) is 13.9. The van der Waals surface area contributed by atoms with E-state index in [2.05, 4.69) is 61.8 Å². The van der Waals surface area contributed by atoms with Crippen molar-refractivity contribution < 1.29 is 0 Å². The molecule has 1 aromatic carbocycles. The molecule has 0 aliphatic rings. The lowest BCUT2D eigenvalue weighted by Gasteiger charge is -2.20. The number of nitrogens with zero attached hydrogens (tertiary/aromatic N) is 2. The van der Waals surface area contributed by atoms with Gasteiger partial charge < -0.3 is 9.88 Å². The zero-order chi connectivity index (χ0) is 15.3. The van der Waals surface area contributed by atoms with Gasteiger partial charge in [0.05, 0.1) is 11.0 Å². The summed E-state index contributed by atoms with van der Waals surface area (Å²) in [5, 5.41) is 3.55. The van der Waals surface area contributed by atoms with E-state index >= 15 is 0 Å². The number of nitrogens with one attached hydrogen (secondary N) is 1. The second-order valence-corrected chi connectivity index (χ2v) is 6.80. The summed E-state index contributed by atoms with van der Waals surface area (Å²) in [5.41, 5.74) is 2.63. The first-order valence-corrected chi connectivity index (χ1v) is 8.20. The Morgan fingerprint density at radius 1 is 1.14 bits per heavy atom. The summed E-state index contributed by atoms with van der Waals surface area (Å²) in [6.07, 6.45) is 4.61. The third-order valence-electron chi connectivity index (χ3n) is 3.66. The highest BCUT2D eigenvalue weighted by Crippen LogP contribution is 2.18. The first kappa shape index (κ1) is 16.0. The molecule has 0 saturated carbocycles. The number of hydrogen-bond donors (Lipinski definition) is 1. The van der Waals surface area contributed by atoms with Gasteiger partial charge in [-0.1, -0.05) is 19.1 Å². The Kier molecular flexibility index (Phi) is 5.40. The molecule has 3 heteroatoms. The molecule has 0 unspecified atom stereocenters. The number of aryl methyl sites for hydroxylation is 2. The average Bonchev–Trinajstić information content (AvgIpc) is 2.76. The Morgan fingerprint density at radius 2 is 1.90 bits per heavy atom. The van der Waals surface area contributed by atoms with Gasteiger partial charge in [0.15, 0.2) is 0 Å². The third kappa shape index (κ3) is 4.57. The van der Waals surface area contributed by atoms with Crippen LogP contribution in [0, 0.1) is 0 Å². The maximum absolute atomic E-state index is 4.82. The summed E-state index contributed by atoms with van der Waals surface area (Å²) < 4.78 is 2.40. The fraction of sp³-hybridized carbons (Fsp3) is 0.611. The van der Waals surface area contributed by atoms with Crippen molar-refractivity contribution >= 4 is 11.0 Å². The maximum Gasteiger partial charge on any atom is 0.109 e. The van der Waals surface area contributed by atoms with E-state index in [1.807, 2.05) is 0 Å². The van der Waals surface area contributed by atoms with E-state index in [4.69, 9.17) is 4.98 Å². The van der Waals surface area contributed by atoms with Gasteiger partial charge >= 0.3 is 0 Å². The van der Waals surface area contributed by atoms with Gasteiger partial charge in [-0.05, 0) is 58.7 Å². The highest BCUT2D eigenvalue weighted by Gasteiger charge is 2.10. The Labute approximate surface area is 128 Å². The SMILES string of the molecule is CCCn1c(CCCCNC(C)(C)C)nc2ccccc21. The summed E-state index contributed by atoms with van der Waals surface area (Å²) >= 11 is 0. The number of benzene rings is 1. The number of fused-ring (bicyclic) bond motifs is 1. The van der Waals surface area contributed by atoms with E-state index in [0.29, 0.717) is 0 Å². The molecule has 1 heterocycles. The van der Waals surface area contributed by atoms with Crippen LogP contribution in [0.4, 0.5) is 0 Å². The van der Waals surface area contributed by atoms with Gasteiger partial charge in [-0.25, -0.2) is 4.98 Å². The molecule has 116 valence electrons. The normalized spacial score (nSPS) is 12.2. The van der Waals surface area contributed by atoms with Crippen LogP contribution in [-0.2, 0) is 13.0 Å². The Bertz CT molecular complexity index is 563. The topological polar surface area (TPSA) is 29.9 Å². The number of imidazole rings is 1. The molecule has 0 amide bonds. The minimum absolute atomic E-state index is 0.218. The largest absolute Gasteiger partial charge is 0.328 e. The molecule has 1 N–H and O–H groups in total. The van der Waals surface area contributed by atoms with Gasteiger partial charge in [-0.3, -0.25) is 0 Å². The van der Waals surface area contributed by atoms with Crippen molar-refractivity contribution in [2.45, 2.75) is 65.5 Å². The minimum Gasteiger partial charge on any atom is -0.328 e. The molecule has 0 atom stereocenters. The average molecular weight is 287 g/mol. The van der Waals surface area contributed by atoms with Gasteiger partial charge in [0, 0.05) is 18.5 Å². The first-order chi connectivity index (χ1) is 10.0. The summed E-state index contributed by atoms with van der Waals surface area (Å²) in [5.74, 6) is 1.24. The predicted molar refractivity (Wildman–Crippen MR) is 90.7 cm³/mol. The number of aromatic nitrogens is 2. The maximum atomic E-state index is 4.82. The monoisotopic (exact) mass is 287 g/mol. The van der Waals surface area contributed by atoms with Gasteiger partial charge in [-0.2, -0.15) is 0 Å². The molecule has 0 aliphatic heterocycles. The van der Waals surface area contributed by atoms with Crippen LogP contribution >= 0.6 is 0 Å². The van der Waals surface area contributed by atoms with Gasteiger partial charge in [-0.15, -0.1) is 0 Å². The zero-order valence-corrected chi connectivity index (χ0v) is 13.9. The van der Waals surface area contributed by atoms with E-state index in [-0.39, 0.29) is 5.54 Å². The standard InChI is InChI=1S/C18H29N3/c1-5-14-21-16-11-7-6-10-15(16)20-17(21)12-8-9-13-19-18(2,3)4/h6-7,10-11,19H,5,8-9,12-14H2,1-4H3. The summed E-state index contributed by atoms with van der Waals surface area (Å²) in [6, 6.07) is 8.48. The lowest BCUT2D eigenvalue weighted by molar-refractivity contribution is 0.418. The van der Waals surface area contributed by atoms with E-state index in [1.165, 1.54) is 24.2 Å². The number of unbranched alkanes of at least 4 members (excludes halogenated alkanes) is 1. The van der Waals surface area contributed by atoms with Crippen molar-refractivity contribution in [2.75, 3.05) is 6.54 Å². The minimum atomic E-state index is 0.218. The van der Waals surface area contributed by atoms with Crippen LogP contribution in [0.3, 0.4) is 0 Å². The first-order valence-electron chi connectivity index (χ1n) is 8.20. The fourth-order valence-corrected chi connectivity index (χ4v) is 2.66. The molecule has 0 aliphatic carbocycles. The van der Waals surface area contributed by atoms with Crippen LogP contribution in [0.2, 0.25) is 0 Å². The van der Waals surface area contributed by atoms with Crippen molar-refractivity contribution in [1.82, 2.24) is 14.9 Å². The number of rotatable bonds is 7. The molecule has 2 rings (SSSR count). The van der Waals surface area contributed by atoms with E-state index < -0.39 is 0 Å². The molecule has 0 spiro atoms. The molecule has 0 fully saturated rings. The second-order valence-electron chi connectivity index (χ2n) is 6.80. The molecular formula is C18H29N3. The van der Waals surface area contributed by atoms with Gasteiger partial charge in [0.1, 0.15) is 5.82 Å². The van der Waals surface area contributed by atoms with Crippen LogP contribution in [0.1, 0.15) is 52.8 Å². The van der Waals surface area contributed by atoms with Crippen molar-refractivity contribution in [3.8, 4) is 0 Å². The molecule has 2 aromatic rings. The molecule has 0 saturated heterocycles. The summed E-state index contributed by atoms with van der Waals surface area (Å²) in [6.45, 7) is 11.0. The van der Waals surface area contributed by atoms with Crippen molar-refractivity contribution in [3.05, 3.63) is 30.1 Å².